The highest BCUT2D eigenvalue weighted by atomic mass is 35.5. The summed E-state index contributed by atoms with van der Waals surface area (Å²) in [5, 5.41) is 6.64. The van der Waals surface area contributed by atoms with E-state index in [1.807, 2.05) is 12.1 Å². The Hall–Kier alpha value is -3.05. The average Bonchev–Trinajstić information content (AvgIpc) is 2.62. The maximum atomic E-state index is 12.4. The Morgan fingerprint density at radius 3 is 2.48 bits per heavy atom. The number of benzene rings is 2. The van der Waals surface area contributed by atoms with Gasteiger partial charge >= 0.3 is 0 Å². The van der Waals surface area contributed by atoms with Crippen molar-refractivity contribution in [2.45, 2.75) is 0 Å². The minimum atomic E-state index is -0.292. The monoisotopic (exact) mass is 353 g/mol. The van der Waals surface area contributed by atoms with E-state index in [1.54, 1.807) is 61.8 Å². The third-order valence-electron chi connectivity index (χ3n) is 3.45. The van der Waals surface area contributed by atoms with E-state index in [4.69, 9.17) is 16.3 Å². The van der Waals surface area contributed by atoms with Crippen LogP contribution in [0.1, 0.15) is 10.5 Å². The van der Waals surface area contributed by atoms with Crippen LogP contribution in [-0.2, 0) is 0 Å². The van der Waals surface area contributed by atoms with Crippen molar-refractivity contribution in [2.75, 3.05) is 17.7 Å². The highest BCUT2D eigenvalue weighted by molar-refractivity contribution is 6.30. The van der Waals surface area contributed by atoms with E-state index in [2.05, 4.69) is 15.6 Å². The molecule has 5 nitrogen and oxygen atoms in total. The summed E-state index contributed by atoms with van der Waals surface area (Å²) >= 11 is 5.98. The maximum Gasteiger partial charge on any atom is 0.274 e. The number of anilines is 3. The zero-order valence-corrected chi connectivity index (χ0v) is 14.2. The number of halogens is 1. The molecule has 0 aliphatic rings. The lowest BCUT2D eigenvalue weighted by Gasteiger charge is -2.09. The van der Waals surface area contributed by atoms with Gasteiger partial charge in [-0.1, -0.05) is 17.7 Å². The molecule has 0 aliphatic carbocycles. The van der Waals surface area contributed by atoms with Crippen LogP contribution < -0.4 is 15.4 Å². The molecular formula is C19H16ClN3O2. The number of nitrogens with zero attached hydrogens (tertiary/aromatic N) is 1. The van der Waals surface area contributed by atoms with Crippen LogP contribution in [0, 0.1) is 0 Å². The fourth-order valence-electron chi connectivity index (χ4n) is 2.23. The van der Waals surface area contributed by atoms with Crippen LogP contribution in [0.5, 0.6) is 5.75 Å². The summed E-state index contributed by atoms with van der Waals surface area (Å²) < 4.78 is 5.10. The summed E-state index contributed by atoms with van der Waals surface area (Å²) in [5.41, 5.74) is 2.56. The van der Waals surface area contributed by atoms with Crippen molar-refractivity contribution in [1.29, 1.82) is 0 Å². The first-order chi connectivity index (χ1) is 12.1. The van der Waals surface area contributed by atoms with E-state index in [0.29, 0.717) is 16.4 Å². The van der Waals surface area contributed by atoms with Crippen molar-refractivity contribution in [2.24, 2.45) is 0 Å². The number of aromatic nitrogens is 1. The van der Waals surface area contributed by atoms with Crippen LogP contribution >= 0.6 is 11.6 Å². The van der Waals surface area contributed by atoms with E-state index in [1.165, 1.54) is 0 Å². The largest absolute Gasteiger partial charge is 0.497 e. The van der Waals surface area contributed by atoms with Crippen molar-refractivity contribution < 1.29 is 9.53 Å². The molecule has 2 N–H and O–H groups in total. The van der Waals surface area contributed by atoms with Gasteiger partial charge in [0.15, 0.2) is 0 Å². The Morgan fingerprint density at radius 2 is 1.76 bits per heavy atom. The van der Waals surface area contributed by atoms with Gasteiger partial charge in [0.1, 0.15) is 11.4 Å². The van der Waals surface area contributed by atoms with Crippen LogP contribution in [0.4, 0.5) is 17.1 Å². The summed E-state index contributed by atoms with van der Waals surface area (Å²) in [6, 6.07) is 17.9. The molecule has 1 aromatic heterocycles. The number of nitrogens with one attached hydrogen (secondary N) is 2. The average molecular weight is 354 g/mol. The predicted octanol–water partition coefficient (Wildman–Crippen LogP) is 4.74. The van der Waals surface area contributed by atoms with Gasteiger partial charge in [-0.25, -0.2) is 0 Å². The van der Waals surface area contributed by atoms with E-state index in [0.717, 1.165) is 17.1 Å². The molecule has 25 heavy (non-hydrogen) atoms. The second kappa shape index (κ2) is 7.68. The molecular weight excluding hydrogens is 338 g/mol. The van der Waals surface area contributed by atoms with Crippen molar-refractivity contribution in [3.63, 3.8) is 0 Å². The second-order valence-corrected chi connectivity index (χ2v) is 5.68. The number of carbonyl (C=O) groups is 1. The van der Waals surface area contributed by atoms with Gasteiger partial charge < -0.3 is 15.4 Å². The van der Waals surface area contributed by atoms with Crippen LogP contribution in [0.2, 0.25) is 5.02 Å². The second-order valence-electron chi connectivity index (χ2n) is 5.25. The maximum absolute atomic E-state index is 12.4. The Balaban J connectivity index is 1.72. The lowest BCUT2D eigenvalue weighted by atomic mass is 10.2. The number of ether oxygens (including phenoxy) is 1. The molecule has 0 aliphatic heterocycles. The zero-order valence-electron chi connectivity index (χ0n) is 13.5. The molecule has 1 heterocycles. The van der Waals surface area contributed by atoms with Gasteiger partial charge in [0, 0.05) is 28.3 Å². The summed E-state index contributed by atoms with van der Waals surface area (Å²) in [6.45, 7) is 0. The normalized spacial score (nSPS) is 10.2. The van der Waals surface area contributed by atoms with Gasteiger partial charge in [0.25, 0.3) is 5.91 Å². The number of pyridine rings is 1. The Labute approximate surface area is 150 Å². The standard InChI is InChI=1S/C19H16ClN3O2/c1-25-17-7-5-14(6-8-17)23-19(24)18-12-16(9-10-21-18)22-15-4-2-3-13(20)11-15/h2-12H,1H3,(H,21,22)(H,23,24). The highest BCUT2D eigenvalue weighted by Crippen LogP contribution is 2.21. The Kier molecular flexibility index (Phi) is 5.16. The quantitative estimate of drug-likeness (QED) is 0.695. The van der Waals surface area contributed by atoms with E-state index in [-0.39, 0.29) is 5.91 Å². The molecule has 0 radical (unpaired) electrons. The third-order valence-corrected chi connectivity index (χ3v) is 3.69. The fraction of sp³-hybridized carbons (Fsp3) is 0.0526. The highest BCUT2D eigenvalue weighted by Gasteiger charge is 2.09. The van der Waals surface area contributed by atoms with Gasteiger partial charge in [-0.05, 0) is 54.6 Å². The summed E-state index contributed by atoms with van der Waals surface area (Å²) in [6.07, 6.45) is 1.58. The zero-order chi connectivity index (χ0) is 17.6. The molecule has 0 spiro atoms. The van der Waals surface area contributed by atoms with Crippen LogP contribution in [0.3, 0.4) is 0 Å². The third kappa shape index (κ3) is 4.49. The minimum Gasteiger partial charge on any atom is -0.497 e. The van der Waals surface area contributed by atoms with Crippen molar-refractivity contribution in [3.8, 4) is 5.75 Å². The first-order valence-electron chi connectivity index (χ1n) is 7.58. The Bertz CT molecular complexity index is 882. The van der Waals surface area contributed by atoms with E-state index < -0.39 is 0 Å². The molecule has 0 saturated carbocycles. The van der Waals surface area contributed by atoms with Crippen LogP contribution in [0.15, 0.2) is 66.9 Å². The molecule has 6 heteroatoms. The minimum absolute atomic E-state index is 0.292. The van der Waals surface area contributed by atoms with E-state index >= 15 is 0 Å². The van der Waals surface area contributed by atoms with Gasteiger partial charge in [-0.3, -0.25) is 9.78 Å². The Morgan fingerprint density at radius 1 is 1.00 bits per heavy atom. The lowest BCUT2D eigenvalue weighted by Crippen LogP contribution is -2.13. The predicted molar refractivity (Wildman–Crippen MR) is 99.9 cm³/mol. The first-order valence-corrected chi connectivity index (χ1v) is 7.96. The molecule has 2 aromatic carbocycles. The summed E-state index contributed by atoms with van der Waals surface area (Å²) in [4.78, 5) is 16.5. The fourth-order valence-corrected chi connectivity index (χ4v) is 2.43. The lowest BCUT2D eigenvalue weighted by molar-refractivity contribution is 0.102. The number of carbonyl (C=O) groups excluding carboxylic acids is 1. The topological polar surface area (TPSA) is 63.2 Å². The van der Waals surface area contributed by atoms with Crippen molar-refractivity contribution in [1.82, 2.24) is 4.98 Å². The van der Waals surface area contributed by atoms with Crippen LogP contribution in [-0.4, -0.2) is 18.0 Å². The molecule has 0 saturated heterocycles. The number of methoxy groups -OCH3 is 1. The van der Waals surface area contributed by atoms with Crippen LogP contribution in [0.25, 0.3) is 0 Å². The number of hydrogen-bond donors (Lipinski definition) is 2. The molecule has 1 amide bonds. The first kappa shape index (κ1) is 16.8. The molecule has 126 valence electrons. The van der Waals surface area contributed by atoms with Gasteiger partial charge in [-0.15, -0.1) is 0 Å². The molecule has 0 fully saturated rings. The molecule has 3 aromatic rings. The van der Waals surface area contributed by atoms with Gasteiger partial charge in [0.05, 0.1) is 7.11 Å². The molecule has 0 atom stereocenters. The SMILES string of the molecule is COc1ccc(NC(=O)c2cc(Nc3cccc(Cl)c3)ccn2)cc1. The number of hydrogen-bond acceptors (Lipinski definition) is 4. The van der Waals surface area contributed by atoms with Gasteiger partial charge in [0.2, 0.25) is 0 Å². The molecule has 3 rings (SSSR count). The molecule has 0 unspecified atom stereocenters. The summed E-state index contributed by atoms with van der Waals surface area (Å²) in [7, 11) is 1.59. The number of amides is 1. The van der Waals surface area contributed by atoms with Crippen molar-refractivity contribution >= 4 is 34.6 Å². The smallest absolute Gasteiger partial charge is 0.274 e. The van der Waals surface area contributed by atoms with E-state index in [9.17, 15) is 4.79 Å². The van der Waals surface area contributed by atoms with Crippen molar-refractivity contribution in [3.05, 3.63) is 77.6 Å². The number of rotatable bonds is 5. The summed E-state index contributed by atoms with van der Waals surface area (Å²) in [5.74, 6) is 0.434. The van der Waals surface area contributed by atoms with Gasteiger partial charge in [-0.2, -0.15) is 0 Å². The molecule has 0 bridgehead atoms.